The number of unbranched alkanes of at least 4 members (excludes halogenated alkanes) is 2. The molecule has 0 amide bonds. The second kappa shape index (κ2) is 6.11. The van der Waals surface area contributed by atoms with E-state index in [0.29, 0.717) is 0 Å². The highest BCUT2D eigenvalue weighted by Gasteiger charge is 1.96. The van der Waals surface area contributed by atoms with Crippen molar-refractivity contribution in [2.45, 2.75) is 39.7 Å². The lowest BCUT2D eigenvalue weighted by Gasteiger charge is -2.00. The Morgan fingerprint density at radius 2 is 2.31 bits per heavy atom. The maximum absolute atomic E-state index is 4.29. The van der Waals surface area contributed by atoms with Crippen molar-refractivity contribution in [3.63, 3.8) is 0 Å². The Kier molecular flexibility index (Phi) is 5.01. The minimum absolute atomic E-state index is 0.933. The van der Waals surface area contributed by atoms with Gasteiger partial charge in [0.1, 0.15) is 5.01 Å². The molecule has 74 valence electrons. The summed E-state index contributed by atoms with van der Waals surface area (Å²) in [4.78, 5) is 5.59. The summed E-state index contributed by atoms with van der Waals surface area (Å²) >= 11 is 1.78. The zero-order valence-electron chi connectivity index (χ0n) is 8.47. The summed E-state index contributed by atoms with van der Waals surface area (Å²) in [5.41, 5.74) is 0. The first-order chi connectivity index (χ1) is 6.33. The monoisotopic (exact) mass is 198 g/mol. The van der Waals surface area contributed by atoms with Gasteiger partial charge in [-0.2, -0.15) is 0 Å². The molecule has 0 aromatic carbocycles. The molecule has 0 saturated heterocycles. The summed E-state index contributed by atoms with van der Waals surface area (Å²) < 4.78 is 0. The molecule has 13 heavy (non-hydrogen) atoms. The number of nitrogens with one attached hydrogen (secondary N) is 1. The molecule has 1 N–H and O–H groups in total. The summed E-state index contributed by atoms with van der Waals surface area (Å²) in [7, 11) is 0. The lowest BCUT2D eigenvalue weighted by atomic mass is 10.2. The number of aromatic nitrogens is 1. The lowest BCUT2D eigenvalue weighted by Crippen LogP contribution is -2.14. The summed E-state index contributed by atoms with van der Waals surface area (Å²) in [6.07, 6.45) is 5.83. The normalized spacial score (nSPS) is 10.6. The van der Waals surface area contributed by atoms with Crippen molar-refractivity contribution in [3.8, 4) is 0 Å². The van der Waals surface area contributed by atoms with Gasteiger partial charge in [-0.15, -0.1) is 11.3 Å². The van der Waals surface area contributed by atoms with Gasteiger partial charge in [0.25, 0.3) is 0 Å². The molecule has 1 aromatic heterocycles. The second-order valence-electron chi connectivity index (χ2n) is 3.25. The van der Waals surface area contributed by atoms with E-state index in [1.54, 1.807) is 11.3 Å². The van der Waals surface area contributed by atoms with E-state index in [2.05, 4.69) is 24.1 Å². The van der Waals surface area contributed by atoms with Gasteiger partial charge in [-0.1, -0.05) is 19.8 Å². The van der Waals surface area contributed by atoms with Gasteiger partial charge in [-0.05, 0) is 19.9 Å². The molecule has 1 heterocycles. The molecule has 1 aromatic rings. The van der Waals surface area contributed by atoms with Gasteiger partial charge >= 0.3 is 0 Å². The third kappa shape index (κ3) is 4.39. The summed E-state index contributed by atoms with van der Waals surface area (Å²) in [5.74, 6) is 0. The Bertz CT molecular complexity index is 233. The Morgan fingerprint density at radius 3 is 2.92 bits per heavy atom. The predicted molar refractivity (Wildman–Crippen MR) is 58.1 cm³/mol. The first-order valence-electron chi connectivity index (χ1n) is 4.95. The first kappa shape index (κ1) is 10.7. The Morgan fingerprint density at radius 1 is 1.46 bits per heavy atom. The van der Waals surface area contributed by atoms with Crippen molar-refractivity contribution in [3.05, 3.63) is 16.1 Å². The van der Waals surface area contributed by atoms with Crippen molar-refractivity contribution in [1.29, 1.82) is 0 Å². The van der Waals surface area contributed by atoms with Crippen LogP contribution in [0.15, 0.2) is 6.20 Å². The van der Waals surface area contributed by atoms with Crippen LogP contribution in [0.5, 0.6) is 0 Å². The molecular formula is C10H18N2S. The number of aryl methyl sites for hydroxylation is 1. The van der Waals surface area contributed by atoms with E-state index in [1.165, 1.54) is 29.1 Å². The standard InChI is InChI=1S/C10H18N2S/c1-3-4-5-6-11-8-10-12-7-9(2)13-10/h7,11H,3-6,8H2,1-2H3. The zero-order valence-corrected chi connectivity index (χ0v) is 9.28. The smallest absolute Gasteiger partial charge is 0.107 e. The van der Waals surface area contributed by atoms with Crippen LogP contribution in [0, 0.1) is 6.92 Å². The van der Waals surface area contributed by atoms with Gasteiger partial charge in [0.05, 0.1) is 0 Å². The van der Waals surface area contributed by atoms with E-state index in [-0.39, 0.29) is 0 Å². The Labute approximate surface area is 84.4 Å². The fraction of sp³-hybridized carbons (Fsp3) is 0.700. The molecule has 0 unspecified atom stereocenters. The summed E-state index contributed by atoms with van der Waals surface area (Å²) in [5, 5.41) is 4.60. The van der Waals surface area contributed by atoms with Crippen LogP contribution in [0.1, 0.15) is 36.1 Å². The van der Waals surface area contributed by atoms with Crippen molar-refractivity contribution >= 4 is 11.3 Å². The molecule has 0 atom stereocenters. The molecule has 0 radical (unpaired) electrons. The fourth-order valence-electron chi connectivity index (χ4n) is 1.18. The molecule has 0 aliphatic heterocycles. The molecule has 2 nitrogen and oxygen atoms in total. The fourth-order valence-corrected chi connectivity index (χ4v) is 1.94. The van der Waals surface area contributed by atoms with Crippen LogP contribution in [0.2, 0.25) is 0 Å². The number of nitrogens with zero attached hydrogens (tertiary/aromatic N) is 1. The van der Waals surface area contributed by atoms with Crippen LogP contribution in [-0.2, 0) is 6.54 Å². The van der Waals surface area contributed by atoms with Crippen LogP contribution in [-0.4, -0.2) is 11.5 Å². The average molecular weight is 198 g/mol. The summed E-state index contributed by atoms with van der Waals surface area (Å²) in [6, 6.07) is 0. The Hall–Kier alpha value is -0.410. The van der Waals surface area contributed by atoms with Crippen LogP contribution in [0.3, 0.4) is 0 Å². The molecule has 0 aliphatic carbocycles. The Balaban J connectivity index is 2.06. The molecule has 1 rings (SSSR count). The summed E-state index contributed by atoms with van der Waals surface area (Å²) in [6.45, 7) is 6.37. The van der Waals surface area contributed by atoms with Gasteiger partial charge < -0.3 is 5.32 Å². The van der Waals surface area contributed by atoms with Crippen LogP contribution < -0.4 is 5.32 Å². The lowest BCUT2D eigenvalue weighted by molar-refractivity contribution is 0.615. The van der Waals surface area contributed by atoms with Gasteiger partial charge in [-0.25, -0.2) is 4.98 Å². The number of thiazole rings is 1. The second-order valence-corrected chi connectivity index (χ2v) is 4.57. The van der Waals surface area contributed by atoms with Gasteiger partial charge in [0.2, 0.25) is 0 Å². The third-order valence-corrected chi connectivity index (χ3v) is 2.82. The molecule has 0 fully saturated rings. The largest absolute Gasteiger partial charge is 0.310 e. The van der Waals surface area contributed by atoms with Crippen LogP contribution >= 0.6 is 11.3 Å². The van der Waals surface area contributed by atoms with Crippen molar-refractivity contribution in [2.24, 2.45) is 0 Å². The minimum atomic E-state index is 0.933. The molecule has 3 heteroatoms. The van der Waals surface area contributed by atoms with Crippen molar-refractivity contribution in [1.82, 2.24) is 10.3 Å². The minimum Gasteiger partial charge on any atom is -0.310 e. The van der Waals surface area contributed by atoms with E-state index in [0.717, 1.165) is 13.1 Å². The molecule has 0 spiro atoms. The molecule has 0 bridgehead atoms. The van der Waals surface area contributed by atoms with E-state index in [4.69, 9.17) is 0 Å². The highest BCUT2D eigenvalue weighted by Crippen LogP contribution is 2.10. The number of rotatable bonds is 6. The van der Waals surface area contributed by atoms with Gasteiger partial charge in [-0.3, -0.25) is 0 Å². The molecule has 0 aliphatic rings. The van der Waals surface area contributed by atoms with E-state index in [1.807, 2.05) is 6.20 Å². The van der Waals surface area contributed by atoms with E-state index in [9.17, 15) is 0 Å². The SMILES string of the molecule is CCCCCNCc1ncc(C)s1. The predicted octanol–water partition coefficient (Wildman–Crippen LogP) is 2.73. The van der Waals surface area contributed by atoms with Gasteiger partial charge in [0.15, 0.2) is 0 Å². The quantitative estimate of drug-likeness (QED) is 0.711. The van der Waals surface area contributed by atoms with E-state index < -0.39 is 0 Å². The van der Waals surface area contributed by atoms with Crippen molar-refractivity contribution < 1.29 is 0 Å². The molecule has 0 saturated carbocycles. The highest BCUT2D eigenvalue weighted by molar-refractivity contribution is 7.11. The zero-order chi connectivity index (χ0) is 9.52. The van der Waals surface area contributed by atoms with Crippen LogP contribution in [0.25, 0.3) is 0 Å². The van der Waals surface area contributed by atoms with Gasteiger partial charge in [0, 0.05) is 17.6 Å². The first-order valence-corrected chi connectivity index (χ1v) is 5.76. The van der Waals surface area contributed by atoms with Crippen LogP contribution in [0.4, 0.5) is 0 Å². The maximum atomic E-state index is 4.29. The average Bonchev–Trinajstić information content (AvgIpc) is 2.51. The maximum Gasteiger partial charge on any atom is 0.107 e. The molecular weight excluding hydrogens is 180 g/mol. The van der Waals surface area contributed by atoms with Crippen molar-refractivity contribution in [2.75, 3.05) is 6.54 Å². The number of hydrogen-bond donors (Lipinski definition) is 1. The highest BCUT2D eigenvalue weighted by atomic mass is 32.1. The topological polar surface area (TPSA) is 24.9 Å². The third-order valence-electron chi connectivity index (χ3n) is 1.90. The van der Waals surface area contributed by atoms with E-state index >= 15 is 0 Å². The number of hydrogen-bond acceptors (Lipinski definition) is 3.